The van der Waals surface area contributed by atoms with E-state index in [9.17, 15) is 9.59 Å². The van der Waals surface area contributed by atoms with Crippen LogP contribution in [-0.2, 0) is 17.9 Å². The second-order valence-corrected chi connectivity index (χ2v) is 6.62. The number of carboxylic acids is 1. The fraction of sp³-hybridized carbons (Fsp3) is 0.176. The third-order valence-electron chi connectivity index (χ3n) is 3.66. The van der Waals surface area contributed by atoms with Gasteiger partial charge in [-0.25, -0.2) is 4.79 Å². The number of aryl methyl sites for hydroxylation is 1. The van der Waals surface area contributed by atoms with E-state index in [0.29, 0.717) is 12.4 Å². The Bertz CT molecular complexity index is 946. The number of benzene rings is 1. The van der Waals surface area contributed by atoms with E-state index >= 15 is 0 Å². The van der Waals surface area contributed by atoms with Crippen LogP contribution in [-0.4, -0.2) is 36.5 Å². The number of carbonyl (C=O) groups is 2. The average Bonchev–Trinajstić information content (AvgIpc) is 3.17. The lowest BCUT2D eigenvalue weighted by atomic mass is 10.2. The molecule has 26 heavy (non-hydrogen) atoms. The molecule has 0 aliphatic carbocycles. The molecule has 1 aromatic carbocycles. The summed E-state index contributed by atoms with van der Waals surface area (Å²) in [6.07, 6.45) is 1.44. The molecule has 0 atom stereocenters. The molecule has 2 heterocycles. The van der Waals surface area contributed by atoms with Crippen LogP contribution in [0.3, 0.4) is 0 Å². The Morgan fingerprint density at radius 2 is 1.92 bits per heavy atom. The summed E-state index contributed by atoms with van der Waals surface area (Å²) in [6.45, 7) is 2.41. The number of hydrogen-bond donors (Lipinski definition) is 2. The zero-order chi connectivity index (χ0) is 18.7. The summed E-state index contributed by atoms with van der Waals surface area (Å²) in [5.41, 5.74) is 1.90. The van der Waals surface area contributed by atoms with E-state index < -0.39 is 5.97 Å². The average molecular weight is 418 g/mol. The largest absolute Gasteiger partial charge is 0.476 e. The van der Waals surface area contributed by atoms with Gasteiger partial charge in [-0.3, -0.25) is 14.2 Å². The van der Waals surface area contributed by atoms with Crippen molar-refractivity contribution in [3.63, 3.8) is 0 Å². The highest BCUT2D eigenvalue weighted by Crippen LogP contribution is 2.14. The molecule has 0 radical (unpaired) electrons. The first kappa shape index (κ1) is 17.9. The van der Waals surface area contributed by atoms with Crippen LogP contribution in [0.2, 0.25) is 0 Å². The molecule has 0 saturated carbocycles. The van der Waals surface area contributed by atoms with Crippen molar-refractivity contribution in [2.45, 2.75) is 20.0 Å². The van der Waals surface area contributed by atoms with Crippen molar-refractivity contribution in [2.75, 3.05) is 5.32 Å². The smallest absolute Gasteiger partial charge is 0.356 e. The number of rotatable bonds is 6. The highest BCUT2D eigenvalue weighted by Gasteiger charge is 2.12. The maximum absolute atomic E-state index is 12.1. The maximum atomic E-state index is 12.1. The summed E-state index contributed by atoms with van der Waals surface area (Å²) in [5, 5.41) is 19.7. The van der Waals surface area contributed by atoms with Gasteiger partial charge < -0.3 is 10.4 Å². The van der Waals surface area contributed by atoms with Crippen LogP contribution in [0.5, 0.6) is 0 Å². The molecule has 0 spiro atoms. The van der Waals surface area contributed by atoms with Gasteiger partial charge in [0.1, 0.15) is 6.54 Å². The Hall–Kier alpha value is -2.94. The molecule has 3 rings (SSSR count). The van der Waals surface area contributed by atoms with Gasteiger partial charge in [0.15, 0.2) is 11.5 Å². The first-order valence-corrected chi connectivity index (χ1v) is 8.55. The number of amides is 1. The van der Waals surface area contributed by atoms with E-state index in [1.54, 1.807) is 10.7 Å². The number of anilines is 1. The second kappa shape index (κ2) is 7.52. The Labute approximate surface area is 157 Å². The van der Waals surface area contributed by atoms with Gasteiger partial charge in [-0.1, -0.05) is 28.1 Å². The van der Waals surface area contributed by atoms with Crippen molar-refractivity contribution < 1.29 is 14.7 Å². The van der Waals surface area contributed by atoms with Crippen LogP contribution in [0.25, 0.3) is 0 Å². The standard InChI is InChI=1S/C17H16BrN5O3/c1-11-8-15(21-23(11)9-12-2-4-13(18)5-3-12)19-16(24)10-22-7-6-14(20-22)17(25)26/h2-8H,9-10H2,1H3,(H,25,26)(H,19,21,24). The van der Waals surface area contributed by atoms with Gasteiger partial charge in [0.2, 0.25) is 5.91 Å². The third kappa shape index (κ3) is 4.37. The molecule has 0 bridgehead atoms. The van der Waals surface area contributed by atoms with Crippen molar-refractivity contribution in [2.24, 2.45) is 0 Å². The lowest BCUT2D eigenvalue weighted by molar-refractivity contribution is -0.116. The maximum Gasteiger partial charge on any atom is 0.356 e. The number of halogens is 1. The summed E-state index contributed by atoms with van der Waals surface area (Å²) < 4.78 is 4.08. The Morgan fingerprint density at radius 3 is 2.58 bits per heavy atom. The zero-order valence-electron chi connectivity index (χ0n) is 13.9. The number of carboxylic acid groups (broad SMARTS) is 1. The quantitative estimate of drug-likeness (QED) is 0.641. The molecule has 1 amide bonds. The minimum absolute atomic E-state index is 0.0914. The van der Waals surface area contributed by atoms with Gasteiger partial charge in [-0.15, -0.1) is 0 Å². The van der Waals surface area contributed by atoms with Crippen molar-refractivity contribution >= 4 is 33.6 Å². The molecule has 0 aliphatic heterocycles. The van der Waals surface area contributed by atoms with Gasteiger partial charge in [0.25, 0.3) is 0 Å². The monoisotopic (exact) mass is 417 g/mol. The first-order valence-electron chi connectivity index (χ1n) is 7.76. The SMILES string of the molecule is Cc1cc(NC(=O)Cn2ccc(C(=O)O)n2)nn1Cc1ccc(Br)cc1. The van der Waals surface area contributed by atoms with Crippen LogP contribution in [0.4, 0.5) is 5.82 Å². The molecule has 2 N–H and O–H groups in total. The van der Waals surface area contributed by atoms with E-state index in [2.05, 4.69) is 31.4 Å². The van der Waals surface area contributed by atoms with Gasteiger partial charge in [-0.05, 0) is 30.7 Å². The van der Waals surface area contributed by atoms with Gasteiger partial charge in [0, 0.05) is 22.4 Å². The van der Waals surface area contributed by atoms with Crippen LogP contribution in [0.15, 0.2) is 47.1 Å². The van der Waals surface area contributed by atoms with Crippen LogP contribution in [0.1, 0.15) is 21.7 Å². The molecule has 9 heteroatoms. The van der Waals surface area contributed by atoms with Crippen LogP contribution in [0, 0.1) is 6.92 Å². The molecule has 0 unspecified atom stereocenters. The number of aromatic nitrogens is 4. The highest BCUT2D eigenvalue weighted by atomic mass is 79.9. The van der Waals surface area contributed by atoms with Gasteiger partial charge in [0.05, 0.1) is 6.54 Å². The van der Waals surface area contributed by atoms with E-state index in [-0.39, 0.29) is 18.1 Å². The fourth-order valence-corrected chi connectivity index (χ4v) is 2.65. The van der Waals surface area contributed by atoms with Crippen LogP contribution >= 0.6 is 15.9 Å². The molecule has 0 fully saturated rings. The third-order valence-corrected chi connectivity index (χ3v) is 4.19. The number of carbonyl (C=O) groups excluding carboxylic acids is 1. The van der Waals surface area contributed by atoms with Gasteiger partial charge >= 0.3 is 5.97 Å². The van der Waals surface area contributed by atoms with Crippen LogP contribution < -0.4 is 5.32 Å². The lowest BCUT2D eigenvalue weighted by Gasteiger charge is -2.05. The van der Waals surface area contributed by atoms with Crippen molar-refractivity contribution in [1.82, 2.24) is 19.6 Å². The Balaban J connectivity index is 1.63. The van der Waals surface area contributed by atoms with E-state index in [0.717, 1.165) is 15.7 Å². The van der Waals surface area contributed by atoms with E-state index in [1.807, 2.05) is 31.2 Å². The summed E-state index contributed by atoms with van der Waals surface area (Å²) in [7, 11) is 0. The summed E-state index contributed by atoms with van der Waals surface area (Å²) in [5.74, 6) is -1.03. The lowest BCUT2D eigenvalue weighted by Crippen LogP contribution is -2.20. The number of aromatic carboxylic acids is 1. The van der Waals surface area contributed by atoms with Crippen molar-refractivity contribution in [1.29, 1.82) is 0 Å². The molecule has 0 saturated heterocycles. The topological polar surface area (TPSA) is 102 Å². The number of nitrogens with one attached hydrogen (secondary N) is 1. The minimum Gasteiger partial charge on any atom is -0.476 e. The highest BCUT2D eigenvalue weighted by molar-refractivity contribution is 9.10. The predicted octanol–water partition coefficient (Wildman–Crippen LogP) is 2.54. The minimum atomic E-state index is -1.13. The molecule has 3 aromatic rings. The molecule has 2 aromatic heterocycles. The molecular weight excluding hydrogens is 402 g/mol. The number of hydrogen-bond acceptors (Lipinski definition) is 4. The Morgan fingerprint density at radius 1 is 1.19 bits per heavy atom. The Kier molecular flexibility index (Phi) is 5.17. The summed E-state index contributed by atoms with van der Waals surface area (Å²) in [6, 6.07) is 11.1. The molecule has 0 aliphatic rings. The number of nitrogens with zero attached hydrogens (tertiary/aromatic N) is 4. The second-order valence-electron chi connectivity index (χ2n) is 5.71. The van der Waals surface area contributed by atoms with E-state index in [4.69, 9.17) is 5.11 Å². The summed E-state index contributed by atoms with van der Waals surface area (Å²) >= 11 is 3.40. The predicted molar refractivity (Wildman–Crippen MR) is 98.0 cm³/mol. The fourth-order valence-electron chi connectivity index (χ4n) is 2.39. The molecular formula is C17H16BrN5O3. The molecule has 134 valence electrons. The van der Waals surface area contributed by atoms with Crippen molar-refractivity contribution in [3.8, 4) is 0 Å². The zero-order valence-corrected chi connectivity index (χ0v) is 15.5. The van der Waals surface area contributed by atoms with Gasteiger partial charge in [-0.2, -0.15) is 10.2 Å². The van der Waals surface area contributed by atoms with E-state index in [1.165, 1.54) is 16.9 Å². The molecule has 8 nitrogen and oxygen atoms in total. The summed E-state index contributed by atoms with van der Waals surface area (Å²) in [4.78, 5) is 22.9. The first-order chi connectivity index (χ1) is 12.4. The van der Waals surface area contributed by atoms with Crippen molar-refractivity contribution in [3.05, 3.63) is 64.0 Å². The normalized spacial score (nSPS) is 10.7.